The molecule has 1 aliphatic heterocycles. The Morgan fingerprint density at radius 3 is 2.64 bits per heavy atom. The Hall–Kier alpha value is -2.31. The van der Waals surface area contributed by atoms with Crippen molar-refractivity contribution in [2.24, 2.45) is 0 Å². The molecule has 134 valence electrons. The van der Waals surface area contributed by atoms with Crippen LogP contribution in [0.2, 0.25) is 0 Å². The van der Waals surface area contributed by atoms with Gasteiger partial charge in [-0.25, -0.2) is 9.78 Å². The van der Waals surface area contributed by atoms with Crippen LogP contribution in [-0.2, 0) is 0 Å². The van der Waals surface area contributed by atoms with Crippen molar-refractivity contribution < 1.29 is 9.21 Å². The second kappa shape index (κ2) is 6.90. The number of nitrogens with one attached hydrogen (secondary N) is 1. The first-order valence-electron chi connectivity index (χ1n) is 9.23. The molecule has 25 heavy (non-hydrogen) atoms. The number of aryl methyl sites for hydroxylation is 1. The standard InChI is InChI=1S/C18H25N5O2/c1-13-7-8-15-16(19-13)21-18(25-15)23-11-9-22(10-12-23)17(24)20-14-5-3-2-4-6-14/h7-8,14H,2-6,9-12H2,1H3,(H,20,24). The van der Waals surface area contributed by atoms with Crippen LogP contribution in [0.1, 0.15) is 37.8 Å². The minimum absolute atomic E-state index is 0.0707. The van der Waals surface area contributed by atoms with E-state index in [1.807, 2.05) is 24.0 Å². The summed E-state index contributed by atoms with van der Waals surface area (Å²) in [6.45, 7) is 4.76. The summed E-state index contributed by atoms with van der Waals surface area (Å²) in [5.74, 6) is 0. The molecule has 3 heterocycles. The predicted octanol–water partition coefficient (Wildman–Crippen LogP) is 2.70. The van der Waals surface area contributed by atoms with E-state index in [1.54, 1.807) is 0 Å². The summed E-state index contributed by atoms with van der Waals surface area (Å²) in [6, 6.07) is 4.85. The number of amides is 2. The summed E-state index contributed by atoms with van der Waals surface area (Å²) in [4.78, 5) is 25.3. The molecule has 7 nitrogen and oxygen atoms in total. The first kappa shape index (κ1) is 16.2. The first-order valence-corrected chi connectivity index (χ1v) is 9.23. The normalized spacial score (nSPS) is 19.4. The van der Waals surface area contributed by atoms with Gasteiger partial charge in [-0.1, -0.05) is 19.3 Å². The summed E-state index contributed by atoms with van der Waals surface area (Å²) in [5.41, 5.74) is 2.28. The van der Waals surface area contributed by atoms with Crippen LogP contribution in [0.3, 0.4) is 0 Å². The van der Waals surface area contributed by atoms with E-state index in [1.165, 1.54) is 19.3 Å². The zero-order valence-electron chi connectivity index (χ0n) is 14.7. The Balaban J connectivity index is 1.34. The largest absolute Gasteiger partial charge is 0.422 e. The van der Waals surface area contributed by atoms with Crippen molar-refractivity contribution in [1.82, 2.24) is 20.2 Å². The van der Waals surface area contributed by atoms with Gasteiger partial charge in [-0.05, 0) is 31.9 Å². The van der Waals surface area contributed by atoms with Crippen molar-refractivity contribution in [3.05, 3.63) is 17.8 Å². The van der Waals surface area contributed by atoms with Gasteiger partial charge in [0, 0.05) is 37.9 Å². The third-order valence-electron chi connectivity index (χ3n) is 5.15. The quantitative estimate of drug-likeness (QED) is 0.907. The molecular formula is C18H25N5O2. The van der Waals surface area contributed by atoms with Crippen molar-refractivity contribution >= 4 is 23.3 Å². The Morgan fingerprint density at radius 1 is 1.12 bits per heavy atom. The molecule has 1 aliphatic carbocycles. The molecule has 7 heteroatoms. The number of nitrogens with zero attached hydrogens (tertiary/aromatic N) is 4. The van der Waals surface area contributed by atoms with Crippen molar-refractivity contribution in [1.29, 1.82) is 0 Å². The zero-order chi connectivity index (χ0) is 17.2. The van der Waals surface area contributed by atoms with Gasteiger partial charge in [-0.2, -0.15) is 4.98 Å². The van der Waals surface area contributed by atoms with E-state index in [9.17, 15) is 4.79 Å². The highest BCUT2D eigenvalue weighted by molar-refractivity contribution is 5.75. The van der Waals surface area contributed by atoms with E-state index in [2.05, 4.69) is 20.2 Å². The number of carbonyl (C=O) groups excluding carboxylic acids is 1. The molecule has 0 spiro atoms. The first-order chi connectivity index (χ1) is 12.2. The van der Waals surface area contributed by atoms with E-state index in [0.717, 1.165) is 31.6 Å². The van der Waals surface area contributed by atoms with Crippen LogP contribution < -0.4 is 10.2 Å². The highest BCUT2D eigenvalue weighted by atomic mass is 16.4. The topological polar surface area (TPSA) is 74.5 Å². The van der Waals surface area contributed by atoms with E-state index < -0.39 is 0 Å². The van der Waals surface area contributed by atoms with Crippen molar-refractivity contribution in [2.75, 3.05) is 31.1 Å². The minimum Gasteiger partial charge on any atom is -0.422 e. The fraction of sp³-hybridized carbons (Fsp3) is 0.611. The number of urea groups is 1. The second-order valence-electron chi connectivity index (χ2n) is 7.03. The second-order valence-corrected chi connectivity index (χ2v) is 7.03. The van der Waals surface area contributed by atoms with Crippen molar-refractivity contribution in [3.63, 3.8) is 0 Å². The van der Waals surface area contributed by atoms with Gasteiger partial charge in [0.1, 0.15) is 0 Å². The van der Waals surface area contributed by atoms with Crippen LogP contribution in [0.5, 0.6) is 0 Å². The van der Waals surface area contributed by atoms with Crippen LogP contribution in [0, 0.1) is 6.92 Å². The van der Waals surface area contributed by atoms with Gasteiger partial charge in [-0.15, -0.1) is 0 Å². The molecule has 0 bridgehead atoms. The molecule has 0 atom stereocenters. The SMILES string of the molecule is Cc1ccc2oc(N3CCN(C(=O)NC4CCCCC4)CC3)nc2n1. The van der Waals surface area contributed by atoms with Crippen LogP contribution in [0.15, 0.2) is 16.5 Å². The molecule has 0 radical (unpaired) electrons. The Kier molecular flexibility index (Phi) is 4.46. The number of hydrogen-bond acceptors (Lipinski definition) is 5. The number of anilines is 1. The number of fused-ring (bicyclic) bond motifs is 1. The average molecular weight is 343 g/mol. The summed E-state index contributed by atoms with van der Waals surface area (Å²) in [7, 11) is 0. The molecule has 2 aliphatic rings. The molecule has 2 amide bonds. The fourth-order valence-corrected chi connectivity index (χ4v) is 3.65. The van der Waals surface area contributed by atoms with Gasteiger partial charge in [0.05, 0.1) is 0 Å². The summed E-state index contributed by atoms with van der Waals surface area (Å²) in [5, 5.41) is 3.19. The molecular weight excluding hydrogens is 318 g/mol. The number of pyridine rings is 1. The Morgan fingerprint density at radius 2 is 1.88 bits per heavy atom. The number of aromatic nitrogens is 2. The lowest BCUT2D eigenvalue weighted by Gasteiger charge is -2.35. The molecule has 1 saturated carbocycles. The van der Waals surface area contributed by atoms with Crippen LogP contribution >= 0.6 is 0 Å². The highest BCUT2D eigenvalue weighted by Crippen LogP contribution is 2.22. The molecule has 0 unspecified atom stereocenters. The lowest BCUT2D eigenvalue weighted by atomic mass is 9.96. The zero-order valence-corrected chi connectivity index (χ0v) is 14.7. The minimum atomic E-state index is 0.0707. The van der Waals surface area contributed by atoms with Gasteiger partial charge >= 0.3 is 6.03 Å². The van der Waals surface area contributed by atoms with Gasteiger partial charge < -0.3 is 19.5 Å². The van der Waals surface area contributed by atoms with Crippen molar-refractivity contribution in [2.45, 2.75) is 45.1 Å². The number of piperazine rings is 1. The number of carbonyl (C=O) groups is 1. The highest BCUT2D eigenvalue weighted by Gasteiger charge is 2.26. The third-order valence-corrected chi connectivity index (χ3v) is 5.15. The molecule has 1 saturated heterocycles. The smallest absolute Gasteiger partial charge is 0.317 e. The number of rotatable bonds is 2. The molecule has 1 N–H and O–H groups in total. The van der Waals surface area contributed by atoms with Crippen molar-refractivity contribution in [3.8, 4) is 0 Å². The van der Waals surface area contributed by atoms with Crippen LogP contribution in [0.4, 0.5) is 10.8 Å². The maximum Gasteiger partial charge on any atom is 0.317 e. The fourth-order valence-electron chi connectivity index (χ4n) is 3.65. The average Bonchev–Trinajstić information content (AvgIpc) is 3.06. The van der Waals surface area contributed by atoms with E-state index in [4.69, 9.17) is 4.42 Å². The molecule has 2 fully saturated rings. The van der Waals surface area contributed by atoms with Gasteiger partial charge in [0.25, 0.3) is 6.01 Å². The monoisotopic (exact) mass is 343 g/mol. The van der Waals surface area contributed by atoms with Gasteiger partial charge in [0.15, 0.2) is 5.58 Å². The maximum atomic E-state index is 12.4. The molecule has 2 aromatic heterocycles. The molecule has 2 aromatic rings. The van der Waals surface area contributed by atoms with Crippen LogP contribution in [-0.4, -0.2) is 53.1 Å². The molecule has 0 aromatic carbocycles. The van der Waals surface area contributed by atoms with Gasteiger partial charge in [0.2, 0.25) is 5.65 Å². The molecule has 4 rings (SSSR count). The third kappa shape index (κ3) is 3.55. The summed E-state index contributed by atoms with van der Waals surface area (Å²) < 4.78 is 5.81. The lowest BCUT2D eigenvalue weighted by Crippen LogP contribution is -2.53. The summed E-state index contributed by atoms with van der Waals surface area (Å²) >= 11 is 0. The maximum absolute atomic E-state index is 12.4. The van der Waals surface area contributed by atoms with E-state index in [0.29, 0.717) is 36.4 Å². The van der Waals surface area contributed by atoms with Gasteiger partial charge in [-0.3, -0.25) is 0 Å². The Bertz CT molecular complexity index is 745. The summed E-state index contributed by atoms with van der Waals surface area (Å²) in [6.07, 6.45) is 5.97. The van der Waals surface area contributed by atoms with E-state index in [-0.39, 0.29) is 6.03 Å². The lowest BCUT2D eigenvalue weighted by molar-refractivity contribution is 0.186. The number of hydrogen-bond donors (Lipinski definition) is 1. The van der Waals surface area contributed by atoms with Crippen LogP contribution in [0.25, 0.3) is 11.2 Å². The number of oxazole rings is 1. The predicted molar refractivity (Wildman–Crippen MR) is 95.7 cm³/mol. The Labute approximate surface area is 147 Å². The van der Waals surface area contributed by atoms with E-state index >= 15 is 0 Å².